The molecule has 1 aliphatic heterocycles. The summed E-state index contributed by atoms with van der Waals surface area (Å²) in [7, 11) is -1.70. The van der Waals surface area contributed by atoms with E-state index in [1.165, 1.54) is 6.07 Å². The first kappa shape index (κ1) is 20.0. The Kier molecular flexibility index (Phi) is 5.74. The van der Waals surface area contributed by atoms with Crippen LogP contribution in [0.15, 0.2) is 71.9 Å². The molecule has 0 spiro atoms. The summed E-state index contributed by atoms with van der Waals surface area (Å²) in [5, 5.41) is 3.37. The summed E-state index contributed by atoms with van der Waals surface area (Å²) in [6.07, 6.45) is 4.89. The van der Waals surface area contributed by atoms with Crippen LogP contribution in [0, 0.1) is 0 Å². The highest BCUT2D eigenvalue weighted by Crippen LogP contribution is 2.29. The highest BCUT2D eigenvalue weighted by molar-refractivity contribution is 7.91. The zero-order chi connectivity index (χ0) is 21.1. The minimum atomic E-state index is -1.70. The molecule has 2 heterocycles. The van der Waals surface area contributed by atoms with Gasteiger partial charge in [0, 0.05) is 35.1 Å². The van der Waals surface area contributed by atoms with Gasteiger partial charge in [0.25, 0.3) is 5.91 Å². The molecule has 8 heteroatoms. The molecular formula is C22H16ClN3O3S. The number of ketones is 1. The molecule has 0 saturated carbocycles. The molecule has 1 aromatic heterocycles. The standard InChI is InChI=1S/C22H16ClN3O3S/c23-17-6-3-14(4-7-17)10-20-21(27)18-11-16(5-8-19(18)26-30(20)29)22(28)25-13-15-2-1-9-24-12-15/h1-12,26H,13H2,(H,25,28)/b20-10+. The fourth-order valence-corrected chi connectivity index (χ4v) is 4.09. The van der Waals surface area contributed by atoms with Gasteiger partial charge in [-0.05, 0) is 53.6 Å². The summed E-state index contributed by atoms with van der Waals surface area (Å²) < 4.78 is 15.3. The van der Waals surface area contributed by atoms with Gasteiger partial charge in [-0.3, -0.25) is 14.6 Å². The molecule has 1 aliphatic rings. The van der Waals surface area contributed by atoms with E-state index in [0.717, 1.165) is 5.56 Å². The van der Waals surface area contributed by atoms with Crippen molar-refractivity contribution < 1.29 is 13.8 Å². The van der Waals surface area contributed by atoms with Crippen LogP contribution < -0.4 is 10.0 Å². The Hall–Kier alpha value is -3.29. The average molecular weight is 438 g/mol. The lowest BCUT2D eigenvalue weighted by Gasteiger charge is -2.19. The smallest absolute Gasteiger partial charge is 0.251 e. The summed E-state index contributed by atoms with van der Waals surface area (Å²) in [5.41, 5.74) is 2.63. The minimum absolute atomic E-state index is 0.109. The molecule has 1 amide bonds. The van der Waals surface area contributed by atoms with Crippen LogP contribution in [-0.4, -0.2) is 20.9 Å². The van der Waals surface area contributed by atoms with Crippen molar-refractivity contribution in [2.45, 2.75) is 6.54 Å². The first-order valence-electron chi connectivity index (χ1n) is 9.03. The van der Waals surface area contributed by atoms with Gasteiger partial charge in [0.15, 0.2) is 11.0 Å². The molecule has 2 N–H and O–H groups in total. The van der Waals surface area contributed by atoms with E-state index < -0.39 is 11.0 Å². The van der Waals surface area contributed by atoms with Crippen LogP contribution in [0.1, 0.15) is 31.8 Å². The third-order valence-electron chi connectivity index (χ3n) is 4.50. The number of benzene rings is 2. The van der Waals surface area contributed by atoms with Crippen LogP contribution in [0.2, 0.25) is 5.02 Å². The van der Waals surface area contributed by atoms with Crippen molar-refractivity contribution in [3.63, 3.8) is 0 Å². The van der Waals surface area contributed by atoms with E-state index in [2.05, 4.69) is 15.0 Å². The number of aromatic nitrogens is 1. The van der Waals surface area contributed by atoms with E-state index in [9.17, 15) is 13.8 Å². The number of amides is 1. The number of anilines is 1. The number of rotatable bonds is 4. The number of hydrogen-bond donors (Lipinski definition) is 2. The molecule has 0 aliphatic carbocycles. The number of halogens is 1. The molecule has 30 heavy (non-hydrogen) atoms. The predicted molar refractivity (Wildman–Crippen MR) is 117 cm³/mol. The van der Waals surface area contributed by atoms with E-state index >= 15 is 0 Å². The number of fused-ring (bicyclic) bond motifs is 1. The SMILES string of the molecule is O=C(NCc1cccnc1)c1ccc2c(c1)C(=O)/C(=C\c1ccc(Cl)cc1)S(=O)N2. The zero-order valence-electron chi connectivity index (χ0n) is 15.6. The van der Waals surface area contributed by atoms with Crippen LogP contribution in [-0.2, 0) is 17.5 Å². The van der Waals surface area contributed by atoms with Crippen LogP contribution in [0.25, 0.3) is 6.08 Å². The first-order valence-corrected chi connectivity index (χ1v) is 10.6. The Morgan fingerprint density at radius 2 is 1.97 bits per heavy atom. The van der Waals surface area contributed by atoms with Crippen molar-refractivity contribution >= 4 is 46.0 Å². The highest BCUT2D eigenvalue weighted by atomic mass is 35.5. The summed E-state index contributed by atoms with van der Waals surface area (Å²) in [6.45, 7) is 0.321. The number of carbonyl (C=O) groups excluding carboxylic acids is 2. The molecule has 0 fully saturated rings. The third kappa shape index (κ3) is 4.32. The van der Waals surface area contributed by atoms with Crippen molar-refractivity contribution in [1.29, 1.82) is 0 Å². The maximum Gasteiger partial charge on any atom is 0.251 e. The predicted octanol–water partition coefficient (Wildman–Crippen LogP) is 3.98. The van der Waals surface area contributed by atoms with Crippen LogP contribution in [0.3, 0.4) is 0 Å². The van der Waals surface area contributed by atoms with Gasteiger partial charge in [-0.1, -0.05) is 29.8 Å². The van der Waals surface area contributed by atoms with E-state index in [1.807, 2.05) is 6.07 Å². The molecule has 0 radical (unpaired) electrons. The first-order chi connectivity index (χ1) is 14.5. The molecule has 2 aromatic carbocycles. The second kappa shape index (κ2) is 8.61. The molecule has 0 bridgehead atoms. The Bertz CT molecular complexity index is 1180. The fourth-order valence-electron chi connectivity index (χ4n) is 2.95. The quantitative estimate of drug-likeness (QED) is 0.604. The number of Topliss-reactive ketones (excluding diaryl/α,β-unsaturated/α-hetero) is 1. The van der Waals surface area contributed by atoms with Gasteiger partial charge < -0.3 is 10.0 Å². The number of nitrogens with zero attached hydrogens (tertiary/aromatic N) is 1. The van der Waals surface area contributed by atoms with Crippen LogP contribution in [0.5, 0.6) is 0 Å². The largest absolute Gasteiger partial charge is 0.348 e. The number of allylic oxidation sites excluding steroid dienone is 1. The normalized spacial score (nSPS) is 16.6. The second-order valence-electron chi connectivity index (χ2n) is 6.56. The van der Waals surface area contributed by atoms with Crippen molar-refractivity contribution in [2.24, 2.45) is 0 Å². The Balaban J connectivity index is 1.58. The van der Waals surface area contributed by atoms with Gasteiger partial charge in [0.1, 0.15) is 4.91 Å². The number of carbonyl (C=O) groups is 2. The van der Waals surface area contributed by atoms with E-state index in [0.29, 0.717) is 33.9 Å². The van der Waals surface area contributed by atoms with Crippen molar-refractivity contribution in [3.8, 4) is 0 Å². The van der Waals surface area contributed by atoms with Gasteiger partial charge in [-0.2, -0.15) is 0 Å². The minimum Gasteiger partial charge on any atom is -0.348 e. The molecule has 6 nitrogen and oxygen atoms in total. The summed E-state index contributed by atoms with van der Waals surface area (Å²) in [4.78, 5) is 29.6. The van der Waals surface area contributed by atoms with Gasteiger partial charge >= 0.3 is 0 Å². The second-order valence-corrected chi connectivity index (χ2v) is 8.18. The summed E-state index contributed by atoms with van der Waals surface area (Å²) in [5.74, 6) is -0.705. The monoisotopic (exact) mass is 437 g/mol. The van der Waals surface area contributed by atoms with Crippen LogP contribution in [0.4, 0.5) is 5.69 Å². The average Bonchev–Trinajstić information content (AvgIpc) is 2.77. The van der Waals surface area contributed by atoms with E-state index in [4.69, 9.17) is 11.6 Å². The number of hydrogen-bond acceptors (Lipinski definition) is 4. The molecule has 3 aromatic rings. The lowest BCUT2D eigenvalue weighted by atomic mass is 10.0. The molecule has 4 rings (SSSR count). The van der Waals surface area contributed by atoms with Gasteiger partial charge in [0.2, 0.25) is 5.78 Å². The lowest BCUT2D eigenvalue weighted by molar-refractivity contribution is 0.0951. The topological polar surface area (TPSA) is 88.2 Å². The Morgan fingerprint density at radius 3 is 2.70 bits per heavy atom. The highest BCUT2D eigenvalue weighted by Gasteiger charge is 2.28. The van der Waals surface area contributed by atoms with Gasteiger partial charge in [-0.25, -0.2) is 4.21 Å². The third-order valence-corrected chi connectivity index (χ3v) is 5.86. The summed E-state index contributed by atoms with van der Waals surface area (Å²) >= 11 is 5.89. The molecule has 150 valence electrons. The van der Waals surface area contributed by atoms with Crippen molar-refractivity contribution in [1.82, 2.24) is 10.3 Å². The Labute approximate surface area is 180 Å². The number of nitrogens with one attached hydrogen (secondary N) is 2. The van der Waals surface area contributed by atoms with Crippen LogP contribution >= 0.6 is 11.6 Å². The van der Waals surface area contributed by atoms with E-state index in [1.54, 1.807) is 60.9 Å². The maximum atomic E-state index is 13.0. The maximum absolute atomic E-state index is 13.0. The number of pyridine rings is 1. The van der Waals surface area contributed by atoms with Gasteiger partial charge in [-0.15, -0.1) is 0 Å². The Morgan fingerprint density at radius 1 is 1.17 bits per heavy atom. The van der Waals surface area contributed by atoms with Gasteiger partial charge in [0.05, 0.1) is 5.69 Å². The van der Waals surface area contributed by atoms with E-state index in [-0.39, 0.29) is 16.6 Å². The molecule has 0 saturated heterocycles. The summed E-state index contributed by atoms with van der Waals surface area (Å²) in [6, 6.07) is 15.2. The fraction of sp³-hybridized carbons (Fsp3) is 0.0455. The molecular weight excluding hydrogens is 422 g/mol. The van der Waals surface area contributed by atoms with Crippen molar-refractivity contribution in [3.05, 3.63) is 99.2 Å². The van der Waals surface area contributed by atoms with Crippen molar-refractivity contribution in [2.75, 3.05) is 4.72 Å². The lowest BCUT2D eigenvalue weighted by Crippen LogP contribution is -2.25. The molecule has 1 unspecified atom stereocenters. The molecule has 1 atom stereocenters. The zero-order valence-corrected chi connectivity index (χ0v) is 17.2.